The SMILES string of the molecule is O=C(Nc1ccn(Cc2c(F)c(F)cc(F)c2F)n1)c1ccn(COc2ccc(-c3ccccc3)cc2)n1. The average Bonchev–Trinajstić information content (AvgIpc) is 3.59. The maximum atomic E-state index is 13.9. The molecule has 5 rings (SSSR count). The third kappa shape index (κ3) is 5.41. The molecule has 0 aliphatic heterocycles. The van der Waals surface area contributed by atoms with Crippen molar-refractivity contribution >= 4 is 11.7 Å². The number of halogens is 4. The molecule has 0 saturated carbocycles. The monoisotopic (exact) mass is 521 g/mol. The Hall–Kier alpha value is -4.93. The summed E-state index contributed by atoms with van der Waals surface area (Å²) in [7, 11) is 0. The Morgan fingerprint density at radius 3 is 2.16 bits per heavy atom. The Morgan fingerprint density at radius 2 is 1.45 bits per heavy atom. The number of rotatable bonds is 8. The molecule has 0 fully saturated rings. The van der Waals surface area contributed by atoms with Gasteiger partial charge in [-0.15, -0.1) is 0 Å². The van der Waals surface area contributed by atoms with Crippen molar-refractivity contribution in [2.75, 3.05) is 5.32 Å². The van der Waals surface area contributed by atoms with Gasteiger partial charge in [-0.1, -0.05) is 42.5 Å². The van der Waals surface area contributed by atoms with E-state index in [1.165, 1.54) is 23.0 Å². The first-order chi connectivity index (χ1) is 18.4. The molecule has 0 unspecified atom stereocenters. The van der Waals surface area contributed by atoms with Gasteiger partial charge in [0, 0.05) is 24.5 Å². The smallest absolute Gasteiger partial charge is 0.277 e. The topological polar surface area (TPSA) is 74.0 Å². The maximum Gasteiger partial charge on any atom is 0.277 e. The molecule has 3 aromatic carbocycles. The molecule has 0 saturated heterocycles. The predicted octanol–water partition coefficient (Wildman–Crippen LogP) is 5.64. The highest BCUT2D eigenvalue weighted by molar-refractivity contribution is 6.02. The summed E-state index contributed by atoms with van der Waals surface area (Å²) in [6.45, 7) is -0.519. The molecular formula is C27H19F4N5O2. The number of benzene rings is 3. The van der Waals surface area contributed by atoms with Crippen LogP contribution in [0.15, 0.2) is 85.2 Å². The van der Waals surface area contributed by atoms with Crippen LogP contribution in [0.2, 0.25) is 0 Å². The van der Waals surface area contributed by atoms with Crippen molar-refractivity contribution < 1.29 is 27.1 Å². The van der Waals surface area contributed by atoms with Gasteiger partial charge in [-0.3, -0.25) is 9.48 Å². The molecule has 38 heavy (non-hydrogen) atoms. The number of nitrogens with one attached hydrogen (secondary N) is 1. The van der Waals surface area contributed by atoms with Crippen LogP contribution in [0, 0.1) is 23.3 Å². The molecule has 1 amide bonds. The number of ether oxygens (including phenoxy) is 1. The van der Waals surface area contributed by atoms with Crippen molar-refractivity contribution in [1.29, 1.82) is 0 Å². The van der Waals surface area contributed by atoms with Crippen LogP contribution in [-0.4, -0.2) is 25.5 Å². The van der Waals surface area contributed by atoms with Crippen LogP contribution < -0.4 is 10.1 Å². The van der Waals surface area contributed by atoms with Gasteiger partial charge < -0.3 is 10.1 Å². The number of nitrogens with zero attached hydrogens (tertiary/aromatic N) is 4. The Morgan fingerprint density at radius 1 is 0.789 bits per heavy atom. The number of aromatic nitrogens is 4. The van der Waals surface area contributed by atoms with E-state index >= 15 is 0 Å². The van der Waals surface area contributed by atoms with Crippen molar-refractivity contribution in [3.05, 3.63) is 120 Å². The van der Waals surface area contributed by atoms with Crippen molar-refractivity contribution in [3.63, 3.8) is 0 Å². The fraction of sp³-hybridized carbons (Fsp3) is 0.0741. The lowest BCUT2D eigenvalue weighted by Gasteiger charge is -2.08. The van der Waals surface area contributed by atoms with Gasteiger partial charge in [0.1, 0.15) is 5.75 Å². The number of hydrogen-bond donors (Lipinski definition) is 1. The highest BCUT2D eigenvalue weighted by Gasteiger charge is 2.20. The van der Waals surface area contributed by atoms with E-state index in [1.807, 2.05) is 54.6 Å². The van der Waals surface area contributed by atoms with Crippen LogP contribution in [0.5, 0.6) is 5.75 Å². The summed E-state index contributed by atoms with van der Waals surface area (Å²) in [5.74, 6) is -5.95. The van der Waals surface area contributed by atoms with E-state index in [2.05, 4.69) is 15.5 Å². The van der Waals surface area contributed by atoms with E-state index < -0.39 is 41.3 Å². The van der Waals surface area contributed by atoms with Gasteiger partial charge in [0.2, 0.25) is 0 Å². The zero-order valence-electron chi connectivity index (χ0n) is 19.6. The lowest BCUT2D eigenvalue weighted by molar-refractivity contribution is 0.101. The van der Waals surface area contributed by atoms with Crippen LogP contribution in [0.25, 0.3) is 11.1 Å². The Labute approximate surface area is 213 Å². The number of hydrogen-bond acceptors (Lipinski definition) is 4. The second-order valence-electron chi connectivity index (χ2n) is 8.20. The van der Waals surface area contributed by atoms with E-state index in [1.54, 1.807) is 6.20 Å². The first-order valence-corrected chi connectivity index (χ1v) is 11.4. The molecule has 192 valence electrons. The zero-order valence-corrected chi connectivity index (χ0v) is 19.6. The number of amides is 1. The molecule has 0 aliphatic carbocycles. The molecule has 0 atom stereocenters. The summed E-state index contributed by atoms with van der Waals surface area (Å²) in [5.41, 5.74) is 1.40. The first kappa shape index (κ1) is 24.8. The minimum absolute atomic E-state index is 0.0528. The quantitative estimate of drug-likeness (QED) is 0.212. The molecule has 11 heteroatoms. The first-order valence-electron chi connectivity index (χ1n) is 11.4. The van der Waals surface area contributed by atoms with Gasteiger partial charge in [0.05, 0.1) is 12.1 Å². The number of carbonyl (C=O) groups is 1. The van der Waals surface area contributed by atoms with E-state index in [0.29, 0.717) is 5.75 Å². The van der Waals surface area contributed by atoms with Crippen LogP contribution in [-0.2, 0) is 13.3 Å². The molecule has 2 aromatic heterocycles. The minimum Gasteiger partial charge on any atom is -0.471 e. The van der Waals surface area contributed by atoms with Gasteiger partial charge in [0.15, 0.2) is 41.5 Å². The van der Waals surface area contributed by atoms with Crippen LogP contribution in [0.1, 0.15) is 16.1 Å². The van der Waals surface area contributed by atoms with E-state index in [0.717, 1.165) is 15.8 Å². The molecule has 0 bridgehead atoms. The summed E-state index contributed by atoms with van der Waals surface area (Å²) in [6, 6.07) is 20.5. The van der Waals surface area contributed by atoms with Gasteiger partial charge in [-0.2, -0.15) is 10.2 Å². The number of carbonyl (C=O) groups excluding carboxylic acids is 1. The third-order valence-electron chi connectivity index (χ3n) is 5.60. The maximum absolute atomic E-state index is 13.9. The fourth-order valence-corrected chi connectivity index (χ4v) is 3.69. The normalized spacial score (nSPS) is 10.9. The van der Waals surface area contributed by atoms with Crippen LogP contribution in [0.4, 0.5) is 23.4 Å². The van der Waals surface area contributed by atoms with E-state index in [4.69, 9.17) is 4.74 Å². The van der Waals surface area contributed by atoms with Gasteiger partial charge in [0.25, 0.3) is 5.91 Å². The molecule has 0 spiro atoms. The molecular weight excluding hydrogens is 502 g/mol. The largest absolute Gasteiger partial charge is 0.471 e. The molecule has 1 N–H and O–H groups in total. The van der Waals surface area contributed by atoms with Gasteiger partial charge in [-0.05, 0) is 29.3 Å². The number of anilines is 1. The lowest BCUT2D eigenvalue weighted by Crippen LogP contribution is -2.15. The van der Waals surface area contributed by atoms with Crippen LogP contribution in [0.3, 0.4) is 0 Å². The van der Waals surface area contributed by atoms with E-state index in [9.17, 15) is 22.4 Å². The lowest BCUT2D eigenvalue weighted by atomic mass is 10.1. The Kier molecular flexibility index (Phi) is 6.90. The van der Waals surface area contributed by atoms with Crippen molar-refractivity contribution in [2.45, 2.75) is 13.3 Å². The van der Waals surface area contributed by atoms with Gasteiger partial charge in [-0.25, -0.2) is 22.2 Å². The second-order valence-corrected chi connectivity index (χ2v) is 8.20. The highest BCUT2D eigenvalue weighted by Crippen LogP contribution is 2.23. The Bertz CT molecular complexity index is 1560. The summed E-state index contributed by atoms with van der Waals surface area (Å²) in [5, 5.41) is 10.6. The molecule has 0 radical (unpaired) electrons. The summed E-state index contributed by atoms with van der Waals surface area (Å²) < 4.78 is 62.9. The molecule has 2 heterocycles. The molecule has 5 aromatic rings. The predicted molar refractivity (Wildman–Crippen MR) is 130 cm³/mol. The highest BCUT2D eigenvalue weighted by atomic mass is 19.2. The standard InChI is InChI=1S/C27H19F4N5O2/c28-21-14-22(29)26(31)20(25(21)30)15-35-13-11-24(34-35)32-27(37)23-10-12-36(33-23)16-38-19-8-6-18(7-9-19)17-4-2-1-3-5-17/h1-14H,15-16H2,(H,32,34,37). The molecule has 0 aliphatic rings. The summed E-state index contributed by atoms with van der Waals surface area (Å²) in [6.07, 6.45) is 2.86. The average molecular weight is 521 g/mol. The van der Waals surface area contributed by atoms with Crippen molar-refractivity contribution in [3.8, 4) is 16.9 Å². The zero-order chi connectivity index (χ0) is 26.6. The van der Waals surface area contributed by atoms with Gasteiger partial charge >= 0.3 is 0 Å². The van der Waals surface area contributed by atoms with Crippen molar-refractivity contribution in [1.82, 2.24) is 19.6 Å². The van der Waals surface area contributed by atoms with Crippen molar-refractivity contribution in [2.24, 2.45) is 0 Å². The minimum atomic E-state index is -1.51. The summed E-state index contributed by atoms with van der Waals surface area (Å²) >= 11 is 0. The Balaban J connectivity index is 1.17. The fourth-order valence-electron chi connectivity index (χ4n) is 3.69. The second kappa shape index (κ2) is 10.6. The van der Waals surface area contributed by atoms with E-state index in [-0.39, 0.29) is 24.3 Å². The molecule has 7 nitrogen and oxygen atoms in total. The third-order valence-corrected chi connectivity index (χ3v) is 5.60. The van der Waals surface area contributed by atoms with Crippen LogP contribution >= 0.6 is 0 Å². The summed E-state index contributed by atoms with van der Waals surface area (Å²) in [4.78, 5) is 12.5.